The monoisotopic (exact) mass is 319 g/mol. The molecule has 4 heteroatoms. The van der Waals surface area contributed by atoms with Gasteiger partial charge in [0.05, 0.1) is 18.4 Å². The third kappa shape index (κ3) is 2.14. The van der Waals surface area contributed by atoms with Crippen molar-refractivity contribution >= 4 is 27.7 Å². The van der Waals surface area contributed by atoms with Crippen molar-refractivity contribution in [1.82, 2.24) is 4.90 Å². The molecule has 0 unspecified atom stereocenters. The van der Waals surface area contributed by atoms with Crippen molar-refractivity contribution in [2.24, 2.45) is 11.8 Å². The molecule has 1 saturated heterocycles. The number of nitrogens with zero attached hydrogens (tertiary/aromatic N) is 1. The summed E-state index contributed by atoms with van der Waals surface area (Å²) in [4.78, 5) is 26.1. The van der Waals surface area contributed by atoms with Gasteiger partial charge < -0.3 is 0 Å². The fourth-order valence-electron chi connectivity index (χ4n) is 2.82. The van der Waals surface area contributed by atoms with Gasteiger partial charge in [-0.1, -0.05) is 46.3 Å². The maximum absolute atomic E-state index is 12.3. The van der Waals surface area contributed by atoms with Gasteiger partial charge in [-0.3, -0.25) is 14.5 Å². The third-order valence-electron chi connectivity index (χ3n) is 3.89. The van der Waals surface area contributed by atoms with Crippen molar-refractivity contribution in [3.63, 3.8) is 0 Å². The van der Waals surface area contributed by atoms with Gasteiger partial charge in [-0.15, -0.1) is 0 Å². The molecule has 1 fully saturated rings. The lowest BCUT2D eigenvalue weighted by Gasteiger charge is -2.15. The quantitative estimate of drug-likeness (QED) is 0.621. The summed E-state index contributed by atoms with van der Waals surface area (Å²) in [6.45, 7) is 0.367. The summed E-state index contributed by atoms with van der Waals surface area (Å²) >= 11 is 3.46. The molecule has 0 N–H and O–H groups in total. The van der Waals surface area contributed by atoms with E-state index in [1.807, 2.05) is 36.4 Å². The summed E-state index contributed by atoms with van der Waals surface area (Å²) < 4.78 is 0.934. The second-order valence-corrected chi connectivity index (χ2v) is 5.86. The first-order chi connectivity index (χ1) is 9.18. The number of halogens is 1. The van der Waals surface area contributed by atoms with Crippen LogP contribution in [0.15, 0.2) is 40.9 Å². The fourth-order valence-corrected chi connectivity index (χ4v) is 3.23. The highest BCUT2D eigenvalue weighted by molar-refractivity contribution is 9.10. The van der Waals surface area contributed by atoms with Crippen LogP contribution in [-0.2, 0) is 16.1 Å². The van der Waals surface area contributed by atoms with Gasteiger partial charge in [-0.2, -0.15) is 0 Å². The number of likely N-dealkylation sites (tertiary alicyclic amines) is 1. The molecule has 1 aliphatic carbocycles. The molecule has 1 aromatic rings. The first kappa shape index (κ1) is 12.6. The van der Waals surface area contributed by atoms with Crippen LogP contribution in [0, 0.1) is 11.8 Å². The highest BCUT2D eigenvalue weighted by atomic mass is 79.9. The topological polar surface area (TPSA) is 37.4 Å². The van der Waals surface area contributed by atoms with E-state index in [2.05, 4.69) is 15.9 Å². The number of rotatable bonds is 2. The first-order valence-electron chi connectivity index (χ1n) is 6.42. The van der Waals surface area contributed by atoms with Gasteiger partial charge in [0, 0.05) is 4.47 Å². The molecule has 3 nitrogen and oxygen atoms in total. The number of amides is 2. The molecule has 0 radical (unpaired) electrons. The highest BCUT2D eigenvalue weighted by Gasteiger charge is 2.46. The maximum Gasteiger partial charge on any atom is 0.233 e. The lowest BCUT2D eigenvalue weighted by Crippen LogP contribution is -2.30. The van der Waals surface area contributed by atoms with Crippen molar-refractivity contribution in [2.75, 3.05) is 0 Å². The summed E-state index contributed by atoms with van der Waals surface area (Å²) in [6, 6.07) is 7.70. The molecular weight excluding hydrogens is 306 g/mol. The van der Waals surface area contributed by atoms with Crippen molar-refractivity contribution in [3.8, 4) is 0 Å². The van der Waals surface area contributed by atoms with Crippen LogP contribution in [0.5, 0.6) is 0 Å². The zero-order valence-corrected chi connectivity index (χ0v) is 12.0. The molecule has 2 atom stereocenters. The third-order valence-corrected chi connectivity index (χ3v) is 4.66. The van der Waals surface area contributed by atoms with Crippen LogP contribution in [0.4, 0.5) is 0 Å². The van der Waals surface area contributed by atoms with Gasteiger partial charge in [0.15, 0.2) is 0 Å². The second kappa shape index (κ2) is 4.93. The molecule has 2 amide bonds. The molecule has 0 spiro atoms. The summed E-state index contributed by atoms with van der Waals surface area (Å²) in [5.41, 5.74) is 0.968. The lowest BCUT2D eigenvalue weighted by atomic mass is 9.85. The molecule has 1 heterocycles. The highest BCUT2D eigenvalue weighted by Crippen LogP contribution is 2.36. The molecule has 2 aliphatic rings. The largest absolute Gasteiger partial charge is 0.278 e. The zero-order chi connectivity index (χ0) is 13.4. The van der Waals surface area contributed by atoms with Gasteiger partial charge in [-0.05, 0) is 24.5 Å². The predicted octanol–water partition coefficient (Wildman–Crippen LogP) is 2.90. The molecule has 98 valence electrons. The number of imide groups is 1. The normalized spacial score (nSPS) is 25.8. The van der Waals surface area contributed by atoms with E-state index in [1.165, 1.54) is 4.90 Å². The van der Waals surface area contributed by atoms with Crippen LogP contribution < -0.4 is 0 Å². The number of hydrogen-bond acceptors (Lipinski definition) is 2. The van der Waals surface area contributed by atoms with Gasteiger partial charge in [0.1, 0.15) is 0 Å². The molecule has 1 aliphatic heterocycles. The Hall–Kier alpha value is -1.42. The standard InChI is InChI=1S/C15H14BrNO2/c16-13-8-4-1-5-10(13)9-17-14(18)11-6-2-3-7-12(11)15(17)19/h1-5,8,11-12H,6-7,9H2/t11-,12-/m1/s1. The Balaban J connectivity index is 1.85. The van der Waals surface area contributed by atoms with Crippen LogP contribution in [0.25, 0.3) is 0 Å². The van der Waals surface area contributed by atoms with Gasteiger partial charge >= 0.3 is 0 Å². The minimum atomic E-state index is -0.139. The van der Waals surface area contributed by atoms with Gasteiger partial charge in [0.2, 0.25) is 11.8 Å². The predicted molar refractivity (Wildman–Crippen MR) is 75.1 cm³/mol. The Morgan fingerprint density at radius 3 is 2.21 bits per heavy atom. The van der Waals surface area contributed by atoms with Crippen LogP contribution in [-0.4, -0.2) is 16.7 Å². The lowest BCUT2D eigenvalue weighted by molar-refractivity contribution is -0.140. The number of carbonyl (C=O) groups is 2. The Bertz CT molecular complexity index is 541. The van der Waals surface area contributed by atoms with E-state index >= 15 is 0 Å². The molecule has 0 bridgehead atoms. The summed E-state index contributed by atoms with van der Waals surface area (Å²) in [5, 5.41) is 0. The first-order valence-corrected chi connectivity index (χ1v) is 7.21. The summed E-state index contributed by atoms with van der Waals surface area (Å²) in [7, 11) is 0. The minimum Gasteiger partial charge on any atom is -0.278 e. The minimum absolute atomic E-state index is 0.0184. The van der Waals surface area contributed by atoms with E-state index < -0.39 is 0 Å². The average molecular weight is 320 g/mol. The second-order valence-electron chi connectivity index (χ2n) is 5.01. The number of hydrogen-bond donors (Lipinski definition) is 0. The molecule has 0 aromatic heterocycles. The van der Waals surface area contributed by atoms with Crippen LogP contribution in [0.1, 0.15) is 18.4 Å². The smallest absolute Gasteiger partial charge is 0.233 e. The van der Waals surface area contributed by atoms with Crippen molar-refractivity contribution in [2.45, 2.75) is 19.4 Å². The van der Waals surface area contributed by atoms with Crippen molar-refractivity contribution in [3.05, 3.63) is 46.5 Å². The fraction of sp³-hybridized carbons (Fsp3) is 0.333. The number of carbonyl (C=O) groups excluding carboxylic acids is 2. The van der Waals surface area contributed by atoms with E-state index in [1.54, 1.807) is 0 Å². The van der Waals surface area contributed by atoms with Crippen LogP contribution >= 0.6 is 15.9 Å². The van der Waals surface area contributed by atoms with E-state index in [0.29, 0.717) is 19.4 Å². The van der Waals surface area contributed by atoms with Gasteiger partial charge in [-0.25, -0.2) is 0 Å². The maximum atomic E-state index is 12.3. The Morgan fingerprint density at radius 1 is 1.05 bits per heavy atom. The van der Waals surface area contributed by atoms with E-state index in [4.69, 9.17) is 0 Å². The number of fused-ring (bicyclic) bond motifs is 1. The van der Waals surface area contributed by atoms with E-state index in [-0.39, 0.29) is 23.7 Å². The molecule has 3 rings (SSSR count). The van der Waals surface area contributed by atoms with Crippen LogP contribution in [0.3, 0.4) is 0 Å². The Kier molecular flexibility index (Phi) is 3.27. The van der Waals surface area contributed by atoms with Gasteiger partial charge in [0.25, 0.3) is 0 Å². The summed E-state index contributed by atoms with van der Waals surface area (Å²) in [5.74, 6) is -0.315. The van der Waals surface area contributed by atoms with Crippen LogP contribution in [0.2, 0.25) is 0 Å². The molecule has 1 aromatic carbocycles. The number of benzene rings is 1. The van der Waals surface area contributed by atoms with E-state index in [0.717, 1.165) is 10.0 Å². The van der Waals surface area contributed by atoms with Crippen molar-refractivity contribution < 1.29 is 9.59 Å². The molecular formula is C15H14BrNO2. The average Bonchev–Trinajstić information content (AvgIpc) is 2.67. The Morgan fingerprint density at radius 2 is 1.63 bits per heavy atom. The Labute approximate surface area is 120 Å². The summed E-state index contributed by atoms with van der Waals surface area (Å²) in [6.07, 6.45) is 5.41. The van der Waals surface area contributed by atoms with Crippen molar-refractivity contribution in [1.29, 1.82) is 0 Å². The zero-order valence-electron chi connectivity index (χ0n) is 10.4. The molecule has 0 saturated carbocycles. The molecule has 19 heavy (non-hydrogen) atoms. The SMILES string of the molecule is O=C1[C@@H]2CC=CC[C@H]2C(=O)N1Cc1ccccc1Br. The van der Waals surface area contributed by atoms with E-state index in [9.17, 15) is 9.59 Å². The number of allylic oxidation sites excluding steroid dienone is 2.